The van der Waals surface area contributed by atoms with Crippen molar-refractivity contribution in [3.05, 3.63) is 77.4 Å². The lowest BCUT2D eigenvalue weighted by molar-refractivity contribution is -0.141. The highest BCUT2D eigenvalue weighted by Crippen LogP contribution is 2.47. The SMILES string of the molecule is CC1(C)OCC(COc2ccc(-c3ccc(C(=O)O)cc3)cc2-c2ccc3c(c2)C(C)(C)CCC3(C)C)O1. The first-order valence-electron chi connectivity index (χ1n) is 13.4. The summed E-state index contributed by atoms with van der Waals surface area (Å²) in [6.07, 6.45) is 2.18. The first kappa shape index (κ1) is 26.5. The predicted octanol–water partition coefficient (Wildman–Crippen LogP) is 7.60. The van der Waals surface area contributed by atoms with Gasteiger partial charge in [0.15, 0.2) is 5.79 Å². The van der Waals surface area contributed by atoms with Crippen LogP contribution in [0.1, 0.15) is 75.9 Å². The maximum atomic E-state index is 11.3. The number of fused-ring (bicyclic) bond motifs is 1. The van der Waals surface area contributed by atoms with Gasteiger partial charge in [0.1, 0.15) is 18.5 Å². The van der Waals surface area contributed by atoms with Crippen molar-refractivity contribution in [2.45, 2.75) is 77.1 Å². The third kappa shape index (κ3) is 5.23. The van der Waals surface area contributed by atoms with Crippen molar-refractivity contribution in [3.8, 4) is 28.0 Å². The summed E-state index contributed by atoms with van der Waals surface area (Å²) in [6, 6.07) is 20.0. The quantitative estimate of drug-likeness (QED) is 0.367. The largest absolute Gasteiger partial charge is 0.490 e. The molecule has 38 heavy (non-hydrogen) atoms. The van der Waals surface area contributed by atoms with E-state index in [2.05, 4.69) is 52.0 Å². The van der Waals surface area contributed by atoms with Crippen LogP contribution in [0.5, 0.6) is 5.75 Å². The average molecular weight is 515 g/mol. The predicted molar refractivity (Wildman–Crippen MR) is 150 cm³/mol. The summed E-state index contributed by atoms with van der Waals surface area (Å²) in [4.78, 5) is 11.3. The van der Waals surface area contributed by atoms with Crippen molar-refractivity contribution in [1.29, 1.82) is 0 Å². The van der Waals surface area contributed by atoms with Crippen LogP contribution in [0, 0.1) is 0 Å². The van der Waals surface area contributed by atoms with E-state index in [1.807, 2.05) is 38.1 Å². The molecule has 3 aromatic rings. The summed E-state index contributed by atoms with van der Waals surface area (Å²) < 4.78 is 18.1. The first-order valence-corrected chi connectivity index (χ1v) is 13.4. The summed E-state index contributed by atoms with van der Waals surface area (Å²) in [5, 5.41) is 9.30. The van der Waals surface area contributed by atoms with E-state index in [0.29, 0.717) is 13.2 Å². The minimum absolute atomic E-state index is 0.0900. The second-order valence-electron chi connectivity index (χ2n) is 12.4. The van der Waals surface area contributed by atoms with Gasteiger partial charge in [-0.25, -0.2) is 4.79 Å². The zero-order chi connectivity index (χ0) is 27.3. The van der Waals surface area contributed by atoms with Gasteiger partial charge in [0, 0.05) is 5.56 Å². The molecular weight excluding hydrogens is 476 g/mol. The molecule has 0 radical (unpaired) electrons. The van der Waals surface area contributed by atoms with Gasteiger partial charge in [-0.3, -0.25) is 0 Å². The molecule has 1 aliphatic carbocycles. The first-order chi connectivity index (χ1) is 17.8. The molecule has 1 aliphatic heterocycles. The topological polar surface area (TPSA) is 65.0 Å². The summed E-state index contributed by atoms with van der Waals surface area (Å²) in [6.45, 7) is 14.1. The Kier molecular flexibility index (Phi) is 6.65. The Morgan fingerprint density at radius 2 is 1.47 bits per heavy atom. The molecule has 1 saturated heterocycles. The molecule has 1 heterocycles. The molecule has 2 aliphatic rings. The molecular formula is C33H38O5. The molecule has 5 rings (SSSR count). The molecule has 1 N–H and O–H groups in total. The second-order valence-corrected chi connectivity index (χ2v) is 12.4. The van der Waals surface area contributed by atoms with Crippen molar-refractivity contribution in [3.63, 3.8) is 0 Å². The van der Waals surface area contributed by atoms with Crippen LogP contribution in [0.15, 0.2) is 60.7 Å². The van der Waals surface area contributed by atoms with Gasteiger partial charge in [-0.2, -0.15) is 0 Å². The zero-order valence-corrected chi connectivity index (χ0v) is 23.3. The third-order valence-electron chi connectivity index (χ3n) is 8.10. The summed E-state index contributed by atoms with van der Waals surface area (Å²) in [5.74, 6) is -0.737. The fourth-order valence-electron chi connectivity index (χ4n) is 5.65. The van der Waals surface area contributed by atoms with E-state index in [-0.39, 0.29) is 22.5 Å². The molecule has 0 bridgehead atoms. The maximum absolute atomic E-state index is 11.3. The molecule has 1 fully saturated rings. The highest BCUT2D eigenvalue weighted by molar-refractivity contribution is 5.88. The van der Waals surface area contributed by atoms with Gasteiger partial charge >= 0.3 is 5.97 Å². The van der Waals surface area contributed by atoms with Crippen LogP contribution < -0.4 is 4.74 Å². The van der Waals surface area contributed by atoms with Crippen molar-refractivity contribution < 1.29 is 24.1 Å². The fourth-order valence-corrected chi connectivity index (χ4v) is 5.65. The number of hydrogen-bond donors (Lipinski definition) is 1. The maximum Gasteiger partial charge on any atom is 0.335 e. The van der Waals surface area contributed by atoms with Gasteiger partial charge in [-0.15, -0.1) is 0 Å². The molecule has 1 atom stereocenters. The lowest BCUT2D eigenvalue weighted by atomic mass is 9.63. The van der Waals surface area contributed by atoms with Gasteiger partial charge in [0.2, 0.25) is 0 Å². The Bertz CT molecular complexity index is 1350. The van der Waals surface area contributed by atoms with Gasteiger partial charge < -0.3 is 19.3 Å². The Balaban J connectivity index is 1.55. The molecule has 0 aromatic heterocycles. The van der Waals surface area contributed by atoms with Crippen molar-refractivity contribution in [2.75, 3.05) is 13.2 Å². The molecule has 0 saturated carbocycles. The van der Waals surface area contributed by atoms with Crippen LogP contribution in [-0.4, -0.2) is 36.2 Å². The van der Waals surface area contributed by atoms with E-state index in [4.69, 9.17) is 14.2 Å². The van der Waals surface area contributed by atoms with E-state index in [1.54, 1.807) is 12.1 Å². The van der Waals surface area contributed by atoms with E-state index in [0.717, 1.165) is 34.4 Å². The Morgan fingerprint density at radius 1 is 0.842 bits per heavy atom. The van der Waals surface area contributed by atoms with Gasteiger partial charge in [-0.05, 0) is 89.6 Å². The van der Waals surface area contributed by atoms with Gasteiger partial charge in [0.05, 0.1) is 12.2 Å². The third-order valence-corrected chi connectivity index (χ3v) is 8.10. The monoisotopic (exact) mass is 514 g/mol. The lowest BCUT2D eigenvalue weighted by Crippen LogP contribution is -2.33. The second kappa shape index (κ2) is 9.55. The number of benzene rings is 3. The fraction of sp³-hybridized carbons (Fsp3) is 0.424. The number of rotatable bonds is 6. The van der Waals surface area contributed by atoms with E-state index >= 15 is 0 Å². The van der Waals surface area contributed by atoms with E-state index in [1.165, 1.54) is 17.5 Å². The normalized spacial score (nSPS) is 21.1. The summed E-state index contributed by atoms with van der Waals surface area (Å²) in [7, 11) is 0. The van der Waals surface area contributed by atoms with Gasteiger partial charge in [0.25, 0.3) is 0 Å². The van der Waals surface area contributed by atoms with E-state index < -0.39 is 11.8 Å². The molecule has 5 nitrogen and oxygen atoms in total. The molecule has 1 unspecified atom stereocenters. The number of carbonyl (C=O) groups is 1. The standard InChI is InChI=1S/C33H38O5/c1-31(2)15-16-32(3,4)28-18-24(11-13-27(28)31)26-17-23(21-7-9-22(10-8-21)30(34)35)12-14-29(26)36-19-25-20-37-33(5,6)38-25/h7-14,17-18,25H,15-16,19-20H2,1-6H3,(H,34,35). The van der Waals surface area contributed by atoms with Crippen LogP contribution in [0.3, 0.4) is 0 Å². The molecule has 3 aromatic carbocycles. The smallest absolute Gasteiger partial charge is 0.335 e. The van der Waals surface area contributed by atoms with Crippen molar-refractivity contribution in [1.82, 2.24) is 0 Å². The van der Waals surface area contributed by atoms with E-state index in [9.17, 15) is 9.90 Å². The number of ether oxygens (including phenoxy) is 3. The average Bonchev–Trinajstić information content (AvgIpc) is 3.24. The molecule has 0 spiro atoms. The number of hydrogen-bond acceptors (Lipinski definition) is 4. The van der Waals surface area contributed by atoms with Crippen LogP contribution in [0.25, 0.3) is 22.3 Å². The number of carboxylic acid groups (broad SMARTS) is 1. The summed E-state index contributed by atoms with van der Waals surface area (Å²) in [5.41, 5.74) is 7.38. The lowest BCUT2D eigenvalue weighted by Gasteiger charge is -2.42. The highest BCUT2D eigenvalue weighted by Gasteiger charge is 2.37. The number of carboxylic acids is 1. The van der Waals surface area contributed by atoms with Crippen LogP contribution in [0.2, 0.25) is 0 Å². The van der Waals surface area contributed by atoms with Crippen LogP contribution >= 0.6 is 0 Å². The Labute approximate surface area is 225 Å². The molecule has 200 valence electrons. The van der Waals surface area contributed by atoms with Gasteiger partial charge in [-0.1, -0.05) is 64.1 Å². The minimum Gasteiger partial charge on any atom is -0.490 e. The highest BCUT2D eigenvalue weighted by atomic mass is 16.7. The molecule has 5 heteroatoms. The van der Waals surface area contributed by atoms with Crippen LogP contribution in [0.4, 0.5) is 0 Å². The van der Waals surface area contributed by atoms with Crippen molar-refractivity contribution >= 4 is 5.97 Å². The Morgan fingerprint density at radius 3 is 2.11 bits per heavy atom. The minimum atomic E-state index is -0.929. The molecule has 0 amide bonds. The summed E-state index contributed by atoms with van der Waals surface area (Å²) >= 11 is 0. The van der Waals surface area contributed by atoms with Crippen LogP contribution in [-0.2, 0) is 20.3 Å². The van der Waals surface area contributed by atoms with Crippen molar-refractivity contribution in [2.24, 2.45) is 0 Å². The zero-order valence-electron chi connectivity index (χ0n) is 23.3. The number of aromatic carboxylic acids is 1. The Hall–Kier alpha value is -3.15.